The molecule has 3 rings (SSSR count). The van der Waals surface area contributed by atoms with Gasteiger partial charge < -0.3 is 15.1 Å². The number of para-hydroxylation sites is 1. The first-order valence-corrected chi connectivity index (χ1v) is 11.5. The molecule has 5 heteroatoms. The van der Waals surface area contributed by atoms with Crippen molar-refractivity contribution in [3.8, 4) is 0 Å². The van der Waals surface area contributed by atoms with Crippen molar-refractivity contribution in [1.29, 1.82) is 0 Å². The van der Waals surface area contributed by atoms with E-state index in [2.05, 4.69) is 28.1 Å². The van der Waals surface area contributed by atoms with Crippen LogP contribution in [0.15, 0.2) is 24.3 Å². The predicted molar refractivity (Wildman–Crippen MR) is 118 cm³/mol. The number of nitrogens with one attached hydrogen (secondary N) is 1. The minimum atomic E-state index is 0.0196. The number of carbonyl (C=O) groups excluding carboxylic acids is 2. The maximum Gasteiger partial charge on any atom is 0.256 e. The van der Waals surface area contributed by atoms with E-state index in [9.17, 15) is 9.59 Å². The first-order chi connectivity index (χ1) is 14.0. The maximum absolute atomic E-state index is 13.5. The molecule has 2 amide bonds. The van der Waals surface area contributed by atoms with E-state index in [4.69, 9.17) is 0 Å². The SMILES string of the molecule is CCN(C(=O)c1ccccc1N1CCC(NC(=O)C(C)C)CC1)C1CCCCC1. The molecule has 160 valence electrons. The van der Waals surface area contributed by atoms with Crippen LogP contribution in [0.1, 0.15) is 76.1 Å². The van der Waals surface area contributed by atoms with E-state index in [0.717, 1.165) is 56.6 Å². The number of nitrogens with zero attached hydrogens (tertiary/aromatic N) is 2. The lowest BCUT2D eigenvalue weighted by Crippen LogP contribution is -2.46. The Kier molecular flexibility index (Phi) is 7.57. The highest BCUT2D eigenvalue weighted by molar-refractivity contribution is 6.00. The van der Waals surface area contributed by atoms with Gasteiger partial charge in [0, 0.05) is 43.3 Å². The first kappa shape index (κ1) is 21.7. The van der Waals surface area contributed by atoms with Gasteiger partial charge in [0.25, 0.3) is 5.91 Å². The molecule has 0 bridgehead atoms. The third-order valence-electron chi connectivity index (χ3n) is 6.46. The third kappa shape index (κ3) is 5.31. The number of anilines is 1. The van der Waals surface area contributed by atoms with Gasteiger partial charge in [0.05, 0.1) is 5.56 Å². The fourth-order valence-electron chi connectivity index (χ4n) is 4.68. The molecule has 1 N–H and O–H groups in total. The van der Waals surface area contributed by atoms with Crippen LogP contribution >= 0.6 is 0 Å². The topological polar surface area (TPSA) is 52.7 Å². The Balaban J connectivity index is 1.69. The van der Waals surface area contributed by atoms with Crippen LogP contribution in [-0.4, -0.2) is 48.4 Å². The van der Waals surface area contributed by atoms with Crippen molar-refractivity contribution in [1.82, 2.24) is 10.2 Å². The second kappa shape index (κ2) is 10.1. The average Bonchev–Trinajstić information content (AvgIpc) is 2.75. The van der Waals surface area contributed by atoms with E-state index in [-0.39, 0.29) is 23.8 Å². The highest BCUT2D eigenvalue weighted by Gasteiger charge is 2.29. The summed E-state index contributed by atoms with van der Waals surface area (Å²) < 4.78 is 0. The van der Waals surface area contributed by atoms with E-state index in [1.54, 1.807) is 0 Å². The summed E-state index contributed by atoms with van der Waals surface area (Å²) in [6, 6.07) is 8.67. The van der Waals surface area contributed by atoms with Crippen molar-refractivity contribution in [3.63, 3.8) is 0 Å². The maximum atomic E-state index is 13.5. The first-order valence-electron chi connectivity index (χ1n) is 11.5. The lowest BCUT2D eigenvalue weighted by molar-refractivity contribution is -0.124. The second-order valence-electron chi connectivity index (χ2n) is 8.82. The van der Waals surface area contributed by atoms with Crippen LogP contribution in [-0.2, 0) is 4.79 Å². The molecule has 0 atom stereocenters. The molecule has 1 heterocycles. The van der Waals surface area contributed by atoms with Gasteiger partial charge in [0.15, 0.2) is 0 Å². The van der Waals surface area contributed by atoms with Gasteiger partial charge in [-0.2, -0.15) is 0 Å². The minimum absolute atomic E-state index is 0.0196. The van der Waals surface area contributed by atoms with Crippen LogP contribution in [0.2, 0.25) is 0 Å². The fraction of sp³-hybridized carbons (Fsp3) is 0.667. The molecule has 29 heavy (non-hydrogen) atoms. The highest BCUT2D eigenvalue weighted by atomic mass is 16.2. The number of hydrogen-bond acceptors (Lipinski definition) is 3. The summed E-state index contributed by atoms with van der Waals surface area (Å²) in [7, 11) is 0. The molecule has 0 radical (unpaired) electrons. The van der Waals surface area contributed by atoms with Crippen LogP contribution < -0.4 is 10.2 Å². The van der Waals surface area contributed by atoms with E-state index in [0.29, 0.717) is 6.04 Å². The number of carbonyl (C=O) groups is 2. The summed E-state index contributed by atoms with van der Waals surface area (Å²) in [5.74, 6) is 0.321. The summed E-state index contributed by atoms with van der Waals surface area (Å²) in [6.45, 7) is 8.45. The Morgan fingerprint density at radius 1 is 1.07 bits per heavy atom. The molecule has 1 aromatic carbocycles. The Morgan fingerprint density at radius 2 is 1.72 bits per heavy atom. The summed E-state index contributed by atoms with van der Waals surface area (Å²) >= 11 is 0. The molecule has 1 aliphatic heterocycles. The number of piperidine rings is 1. The van der Waals surface area contributed by atoms with Gasteiger partial charge >= 0.3 is 0 Å². The number of amides is 2. The van der Waals surface area contributed by atoms with Crippen molar-refractivity contribution in [2.24, 2.45) is 5.92 Å². The van der Waals surface area contributed by atoms with Crippen LogP contribution in [0.5, 0.6) is 0 Å². The zero-order valence-corrected chi connectivity index (χ0v) is 18.3. The zero-order valence-electron chi connectivity index (χ0n) is 18.3. The average molecular weight is 400 g/mol. The molecule has 1 saturated heterocycles. The summed E-state index contributed by atoms with van der Waals surface area (Å²) in [6.07, 6.45) is 7.84. The molecule has 0 aromatic heterocycles. The Labute approximate surface area is 175 Å². The second-order valence-corrected chi connectivity index (χ2v) is 8.82. The van der Waals surface area contributed by atoms with Gasteiger partial charge in [-0.15, -0.1) is 0 Å². The quantitative estimate of drug-likeness (QED) is 0.779. The van der Waals surface area contributed by atoms with Gasteiger partial charge in [0.2, 0.25) is 5.91 Å². The van der Waals surface area contributed by atoms with Crippen LogP contribution in [0.3, 0.4) is 0 Å². The van der Waals surface area contributed by atoms with Crippen molar-refractivity contribution in [2.75, 3.05) is 24.5 Å². The molecular weight excluding hydrogens is 362 g/mol. The van der Waals surface area contributed by atoms with Crippen molar-refractivity contribution in [2.45, 2.75) is 77.8 Å². The van der Waals surface area contributed by atoms with Crippen LogP contribution in [0.25, 0.3) is 0 Å². The number of rotatable bonds is 6. The standard InChI is InChI=1S/C24H37N3O2/c1-4-27(20-10-6-5-7-11-20)24(29)21-12-8-9-13-22(21)26-16-14-19(15-17-26)25-23(28)18(2)3/h8-9,12-13,18-20H,4-7,10-11,14-17H2,1-3H3,(H,25,28). The summed E-state index contributed by atoms with van der Waals surface area (Å²) in [5, 5.41) is 3.16. The molecule has 1 aliphatic carbocycles. The summed E-state index contributed by atoms with van der Waals surface area (Å²) in [5.41, 5.74) is 1.87. The van der Waals surface area contributed by atoms with Crippen LogP contribution in [0, 0.1) is 5.92 Å². The van der Waals surface area contributed by atoms with Gasteiger partial charge in [0.1, 0.15) is 0 Å². The number of benzene rings is 1. The lowest BCUT2D eigenvalue weighted by atomic mass is 9.93. The van der Waals surface area contributed by atoms with Gasteiger partial charge in [-0.1, -0.05) is 45.2 Å². The van der Waals surface area contributed by atoms with Crippen molar-refractivity contribution >= 4 is 17.5 Å². The zero-order chi connectivity index (χ0) is 20.8. The Hall–Kier alpha value is -2.04. The van der Waals surface area contributed by atoms with Crippen molar-refractivity contribution in [3.05, 3.63) is 29.8 Å². The number of hydrogen-bond donors (Lipinski definition) is 1. The highest BCUT2D eigenvalue weighted by Crippen LogP contribution is 2.29. The largest absolute Gasteiger partial charge is 0.371 e. The Bertz CT molecular complexity index is 689. The van der Waals surface area contributed by atoms with E-state index in [1.165, 1.54) is 19.3 Å². The van der Waals surface area contributed by atoms with E-state index >= 15 is 0 Å². The fourth-order valence-corrected chi connectivity index (χ4v) is 4.68. The molecule has 1 aromatic rings. The van der Waals surface area contributed by atoms with Crippen LogP contribution in [0.4, 0.5) is 5.69 Å². The molecule has 2 aliphatic rings. The lowest BCUT2D eigenvalue weighted by Gasteiger charge is -2.37. The van der Waals surface area contributed by atoms with E-state index in [1.807, 2.05) is 32.0 Å². The van der Waals surface area contributed by atoms with Gasteiger partial charge in [-0.05, 0) is 44.7 Å². The molecule has 0 unspecified atom stereocenters. The summed E-state index contributed by atoms with van der Waals surface area (Å²) in [4.78, 5) is 29.9. The monoisotopic (exact) mass is 399 g/mol. The predicted octanol–water partition coefficient (Wildman–Crippen LogP) is 4.22. The van der Waals surface area contributed by atoms with E-state index < -0.39 is 0 Å². The third-order valence-corrected chi connectivity index (χ3v) is 6.46. The molecule has 5 nitrogen and oxygen atoms in total. The van der Waals surface area contributed by atoms with Gasteiger partial charge in [-0.25, -0.2) is 0 Å². The molecule has 2 fully saturated rings. The van der Waals surface area contributed by atoms with Gasteiger partial charge in [-0.3, -0.25) is 9.59 Å². The van der Waals surface area contributed by atoms with Crippen molar-refractivity contribution < 1.29 is 9.59 Å². The smallest absolute Gasteiger partial charge is 0.256 e. The Morgan fingerprint density at radius 3 is 2.34 bits per heavy atom. The normalized spacial score (nSPS) is 18.7. The minimum Gasteiger partial charge on any atom is -0.371 e. The molecular formula is C24H37N3O2. The molecule has 1 saturated carbocycles. The molecule has 0 spiro atoms.